The summed E-state index contributed by atoms with van der Waals surface area (Å²) in [6.07, 6.45) is 0. The lowest BCUT2D eigenvalue weighted by Gasteiger charge is -2.08. The van der Waals surface area contributed by atoms with E-state index in [-0.39, 0.29) is 0 Å². The lowest BCUT2D eigenvalue weighted by atomic mass is 10.2. The van der Waals surface area contributed by atoms with Crippen LogP contribution in [-0.2, 0) is 6.54 Å². The van der Waals surface area contributed by atoms with Crippen molar-refractivity contribution >= 4 is 33.9 Å². The zero-order chi connectivity index (χ0) is 13.2. The Hall–Kier alpha value is -2.20. The number of aromatic amines is 1. The van der Waals surface area contributed by atoms with Gasteiger partial charge in [0, 0.05) is 17.6 Å². The van der Waals surface area contributed by atoms with Crippen LogP contribution in [0.1, 0.15) is 5.56 Å². The molecule has 19 heavy (non-hydrogen) atoms. The van der Waals surface area contributed by atoms with Crippen molar-refractivity contribution in [3.05, 3.63) is 53.2 Å². The maximum Gasteiger partial charge on any atom is 0.132 e. The molecule has 0 unspecified atom stereocenters. The molecule has 2 aromatic carbocycles. The van der Waals surface area contributed by atoms with Crippen molar-refractivity contribution in [3.8, 4) is 0 Å². The topological polar surface area (TPSA) is 66.7 Å². The molecule has 0 saturated heterocycles. The van der Waals surface area contributed by atoms with Gasteiger partial charge in [-0.05, 0) is 17.7 Å². The van der Waals surface area contributed by atoms with Crippen LogP contribution in [0.25, 0.3) is 10.9 Å². The van der Waals surface area contributed by atoms with Crippen LogP contribution >= 0.6 is 11.6 Å². The van der Waals surface area contributed by atoms with Gasteiger partial charge in [0.2, 0.25) is 0 Å². The summed E-state index contributed by atoms with van der Waals surface area (Å²) in [6.45, 7) is 0.712. The quantitative estimate of drug-likeness (QED) is 0.640. The Kier molecular flexibility index (Phi) is 3.01. The zero-order valence-electron chi connectivity index (χ0n) is 10.2. The fraction of sp³-hybridized carbons (Fsp3) is 0.0714. The van der Waals surface area contributed by atoms with Gasteiger partial charge in [-0.3, -0.25) is 5.10 Å². The molecule has 0 aliphatic rings. The van der Waals surface area contributed by atoms with Gasteiger partial charge in [0.25, 0.3) is 0 Å². The lowest BCUT2D eigenvalue weighted by molar-refractivity contribution is 1.11. The summed E-state index contributed by atoms with van der Waals surface area (Å²) in [6, 6.07) is 13.8. The standard InChI is InChI=1S/C14H13ClN4/c15-14-11-6-10(16)7-12(13(11)18-19-14)17-8-9-4-2-1-3-5-9/h1-7,17H,8,16H2,(H,18,19). The molecular formula is C14H13ClN4. The molecule has 4 nitrogen and oxygen atoms in total. The smallest absolute Gasteiger partial charge is 0.132 e. The second kappa shape index (κ2) is 4.82. The van der Waals surface area contributed by atoms with E-state index in [0.29, 0.717) is 17.4 Å². The van der Waals surface area contributed by atoms with Crippen LogP contribution in [0.5, 0.6) is 0 Å². The minimum absolute atomic E-state index is 0.505. The molecule has 3 aromatic rings. The second-order valence-corrected chi connectivity index (χ2v) is 4.72. The molecule has 0 amide bonds. The Morgan fingerprint density at radius 3 is 2.79 bits per heavy atom. The minimum Gasteiger partial charge on any atom is -0.399 e. The Balaban J connectivity index is 1.92. The van der Waals surface area contributed by atoms with Crippen molar-refractivity contribution in [2.45, 2.75) is 6.54 Å². The van der Waals surface area contributed by atoms with Crippen LogP contribution in [0.2, 0.25) is 5.15 Å². The number of aromatic nitrogens is 2. The van der Waals surface area contributed by atoms with Gasteiger partial charge in [-0.15, -0.1) is 0 Å². The Morgan fingerprint density at radius 2 is 2.00 bits per heavy atom. The summed E-state index contributed by atoms with van der Waals surface area (Å²) in [4.78, 5) is 0. The van der Waals surface area contributed by atoms with Gasteiger partial charge in [0.05, 0.1) is 5.69 Å². The first-order valence-electron chi connectivity index (χ1n) is 5.95. The number of nitrogens with zero attached hydrogens (tertiary/aromatic N) is 1. The van der Waals surface area contributed by atoms with Gasteiger partial charge >= 0.3 is 0 Å². The van der Waals surface area contributed by atoms with E-state index in [9.17, 15) is 0 Å². The van der Waals surface area contributed by atoms with Crippen LogP contribution in [0, 0.1) is 0 Å². The van der Waals surface area contributed by atoms with E-state index in [0.717, 1.165) is 16.6 Å². The molecule has 0 saturated carbocycles. The van der Waals surface area contributed by atoms with Crippen molar-refractivity contribution in [3.63, 3.8) is 0 Å². The molecule has 0 fully saturated rings. The number of nitrogens with one attached hydrogen (secondary N) is 2. The number of hydrogen-bond donors (Lipinski definition) is 3. The molecule has 4 N–H and O–H groups in total. The van der Waals surface area contributed by atoms with Crippen LogP contribution in [0.3, 0.4) is 0 Å². The van der Waals surface area contributed by atoms with Gasteiger partial charge in [-0.25, -0.2) is 0 Å². The molecule has 3 rings (SSSR count). The third-order valence-corrected chi connectivity index (χ3v) is 3.25. The third-order valence-electron chi connectivity index (χ3n) is 2.96. The van der Waals surface area contributed by atoms with Gasteiger partial charge < -0.3 is 11.1 Å². The number of nitrogens with two attached hydrogens (primary N) is 1. The number of fused-ring (bicyclic) bond motifs is 1. The fourth-order valence-electron chi connectivity index (χ4n) is 2.04. The Labute approximate surface area is 115 Å². The number of H-pyrrole nitrogens is 1. The first-order valence-corrected chi connectivity index (χ1v) is 6.33. The van der Waals surface area contributed by atoms with E-state index < -0.39 is 0 Å². The summed E-state index contributed by atoms with van der Waals surface area (Å²) < 4.78 is 0. The maximum atomic E-state index is 6.03. The second-order valence-electron chi connectivity index (χ2n) is 4.34. The monoisotopic (exact) mass is 272 g/mol. The molecule has 0 radical (unpaired) electrons. The number of halogens is 1. The van der Waals surface area contributed by atoms with Crippen molar-refractivity contribution < 1.29 is 0 Å². The molecule has 1 aromatic heterocycles. The lowest BCUT2D eigenvalue weighted by Crippen LogP contribution is -2.00. The molecule has 5 heteroatoms. The number of benzene rings is 2. The van der Waals surface area contributed by atoms with Crippen molar-refractivity contribution in [2.75, 3.05) is 11.1 Å². The Bertz CT molecular complexity index is 706. The molecular weight excluding hydrogens is 260 g/mol. The van der Waals surface area contributed by atoms with E-state index in [1.807, 2.05) is 30.3 Å². The van der Waals surface area contributed by atoms with E-state index >= 15 is 0 Å². The largest absolute Gasteiger partial charge is 0.399 e. The van der Waals surface area contributed by atoms with Crippen molar-refractivity contribution in [2.24, 2.45) is 0 Å². The Morgan fingerprint density at radius 1 is 1.21 bits per heavy atom. The normalized spacial score (nSPS) is 10.8. The highest BCUT2D eigenvalue weighted by Gasteiger charge is 2.09. The predicted octanol–water partition coefficient (Wildman–Crippen LogP) is 3.41. The third kappa shape index (κ3) is 2.35. The molecule has 0 spiro atoms. The highest BCUT2D eigenvalue weighted by molar-refractivity contribution is 6.34. The number of hydrogen-bond acceptors (Lipinski definition) is 3. The van der Waals surface area contributed by atoms with Crippen molar-refractivity contribution in [1.29, 1.82) is 0 Å². The van der Waals surface area contributed by atoms with E-state index in [2.05, 4.69) is 27.6 Å². The number of nitrogen functional groups attached to an aromatic ring is 1. The number of rotatable bonds is 3. The number of anilines is 2. The molecule has 0 aliphatic heterocycles. The maximum absolute atomic E-state index is 6.03. The van der Waals surface area contributed by atoms with Gasteiger partial charge in [0.15, 0.2) is 0 Å². The summed E-state index contributed by atoms with van der Waals surface area (Å²) in [5.74, 6) is 0. The van der Waals surface area contributed by atoms with Crippen LogP contribution in [0.4, 0.5) is 11.4 Å². The average Bonchev–Trinajstić information content (AvgIpc) is 2.79. The molecule has 0 atom stereocenters. The predicted molar refractivity (Wildman–Crippen MR) is 79.3 cm³/mol. The van der Waals surface area contributed by atoms with Crippen molar-refractivity contribution in [1.82, 2.24) is 10.2 Å². The highest BCUT2D eigenvalue weighted by atomic mass is 35.5. The average molecular weight is 273 g/mol. The summed E-state index contributed by atoms with van der Waals surface area (Å²) >= 11 is 6.03. The van der Waals surface area contributed by atoms with Gasteiger partial charge in [-0.2, -0.15) is 5.10 Å². The van der Waals surface area contributed by atoms with E-state index in [1.165, 1.54) is 5.56 Å². The van der Waals surface area contributed by atoms with Crippen LogP contribution < -0.4 is 11.1 Å². The van der Waals surface area contributed by atoms with Crippen LogP contribution in [-0.4, -0.2) is 10.2 Å². The first-order chi connectivity index (χ1) is 9.24. The summed E-state index contributed by atoms with van der Waals surface area (Å²) in [5, 5.41) is 11.6. The van der Waals surface area contributed by atoms with E-state index in [1.54, 1.807) is 0 Å². The highest BCUT2D eigenvalue weighted by Crippen LogP contribution is 2.29. The van der Waals surface area contributed by atoms with E-state index in [4.69, 9.17) is 17.3 Å². The van der Waals surface area contributed by atoms with Gasteiger partial charge in [-0.1, -0.05) is 41.9 Å². The molecule has 96 valence electrons. The van der Waals surface area contributed by atoms with Crippen LogP contribution in [0.15, 0.2) is 42.5 Å². The fourth-order valence-corrected chi connectivity index (χ4v) is 2.22. The summed E-state index contributed by atoms with van der Waals surface area (Å²) in [5.41, 5.74) is 9.41. The molecule has 1 heterocycles. The zero-order valence-corrected chi connectivity index (χ0v) is 10.9. The SMILES string of the molecule is Nc1cc(NCc2ccccc2)c2n[nH]c(Cl)c2c1. The first kappa shape index (κ1) is 11.9. The summed E-state index contributed by atoms with van der Waals surface area (Å²) in [7, 11) is 0. The molecule has 0 bridgehead atoms. The van der Waals surface area contributed by atoms with Gasteiger partial charge in [0.1, 0.15) is 10.7 Å². The molecule has 0 aliphatic carbocycles. The minimum atomic E-state index is 0.505.